The molecular weight excluding hydrogens is 368 g/mol. The molecule has 156 valence electrons. The summed E-state index contributed by atoms with van der Waals surface area (Å²) in [7, 11) is 0. The molecule has 5 heteroatoms. The molecule has 2 saturated carbocycles. The predicted molar refractivity (Wildman–Crippen MR) is 108 cm³/mol. The summed E-state index contributed by atoms with van der Waals surface area (Å²) in [6.07, 6.45) is 10.8. The van der Waals surface area contributed by atoms with Gasteiger partial charge in [-0.05, 0) is 62.5 Å². The standard InChI is InChI=1S/C24H30O5/c1-14-11-20-18-6-5-16-12-17(26)7-9-22(16,3)19(18)8-10-23(20,4)24(14,28)21(27)13-29-15(2)25/h7-9,12,14,18,20,28H,5-6,10-11,13H2,1-4H3/t14-,18-,20-,22+,23+,24-/m1/s1. The molecule has 5 nitrogen and oxygen atoms in total. The van der Waals surface area contributed by atoms with Crippen molar-refractivity contribution >= 4 is 17.5 Å². The number of Topliss-reactive ketones (excluding diaryl/α,β-unsaturated/α-hetero) is 1. The Morgan fingerprint density at radius 1 is 1.31 bits per heavy atom. The predicted octanol–water partition coefficient (Wildman–Crippen LogP) is 3.32. The summed E-state index contributed by atoms with van der Waals surface area (Å²) in [6.45, 7) is 7.03. The van der Waals surface area contributed by atoms with E-state index < -0.39 is 22.8 Å². The molecule has 0 aromatic carbocycles. The van der Waals surface area contributed by atoms with E-state index in [2.05, 4.69) is 13.0 Å². The molecule has 29 heavy (non-hydrogen) atoms. The van der Waals surface area contributed by atoms with E-state index in [1.807, 2.05) is 19.9 Å². The highest BCUT2D eigenvalue weighted by molar-refractivity contribution is 6.01. The SMILES string of the molecule is CC(=O)OCC(=O)[C@]1(O)[C@H](C)C[C@@H]2[C@@H]3CCC4=CC(=O)C=C[C@]4(C)C3=CC[C@@]21C. The Bertz CT molecular complexity index is 880. The number of hydrogen-bond acceptors (Lipinski definition) is 5. The first-order valence-electron chi connectivity index (χ1n) is 10.6. The molecule has 4 rings (SSSR count). The molecule has 0 aromatic rings. The van der Waals surface area contributed by atoms with Crippen LogP contribution in [0.25, 0.3) is 0 Å². The molecule has 0 spiro atoms. The number of hydrogen-bond donors (Lipinski definition) is 1. The van der Waals surface area contributed by atoms with E-state index in [-0.39, 0.29) is 35.6 Å². The van der Waals surface area contributed by atoms with E-state index in [1.54, 1.807) is 12.2 Å². The van der Waals surface area contributed by atoms with Crippen molar-refractivity contribution in [3.63, 3.8) is 0 Å². The minimum atomic E-state index is -1.51. The molecule has 6 atom stereocenters. The number of allylic oxidation sites excluding steroid dienone is 6. The van der Waals surface area contributed by atoms with Crippen molar-refractivity contribution in [1.82, 2.24) is 0 Å². The zero-order valence-corrected chi connectivity index (χ0v) is 17.7. The number of ketones is 2. The topological polar surface area (TPSA) is 80.7 Å². The highest BCUT2D eigenvalue weighted by atomic mass is 16.5. The molecule has 0 aromatic heterocycles. The van der Waals surface area contributed by atoms with Crippen molar-refractivity contribution < 1.29 is 24.2 Å². The number of rotatable bonds is 3. The van der Waals surface area contributed by atoms with Crippen molar-refractivity contribution in [2.75, 3.05) is 6.61 Å². The van der Waals surface area contributed by atoms with Gasteiger partial charge in [0.1, 0.15) is 5.60 Å². The van der Waals surface area contributed by atoms with Gasteiger partial charge in [0.05, 0.1) is 0 Å². The van der Waals surface area contributed by atoms with Gasteiger partial charge in [-0.1, -0.05) is 37.1 Å². The minimum Gasteiger partial charge on any atom is -0.458 e. The van der Waals surface area contributed by atoms with Crippen LogP contribution in [0.15, 0.2) is 35.5 Å². The molecular formula is C24H30O5. The number of carbonyl (C=O) groups excluding carboxylic acids is 3. The fourth-order valence-corrected chi connectivity index (χ4v) is 6.74. The average Bonchev–Trinajstić information content (AvgIpc) is 2.88. The van der Waals surface area contributed by atoms with Crippen LogP contribution in [0.1, 0.15) is 53.4 Å². The van der Waals surface area contributed by atoms with Crippen molar-refractivity contribution in [2.24, 2.45) is 28.6 Å². The summed E-state index contributed by atoms with van der Waals surface area (Å²) in [6, 6.07) is 0. The lowest BCUT2D eigenvalue weighted by molar-refractivity contribution is -0.167. The number of esters is 1. The normalized spacial score (nSPS) is 42.9. The third kappa shape index (κ3) is 2.66. The first kappa shape index (κ1) is 20.3. The highest BCUT2D eigenvalue weighted by Gasteiger charge is 2.67. The maximum Gasteiger partial charge on any atom is 0.303 e. The van der Waals surface area contributed by atoms with Gasteiger partial charge in [0.15, 0.2) is 12.4 Å². The van der Waals surface area contributed by atoms with Crippen LogP contribution < -0.4 is 0 Å². The van der Waals surface area contributed by atoms with E-state index in [9.17, 15) is 19.5 Å². The van der Waals surface area contributed by atoms with Gasteiger partial charge >= 0.3 is 5.97 Å². The van der Waals surface area contributed by atoms with E-state index in [1.165, 1.54) is 18.1 Å². The van der Waals surface area contributed by atoms with Gasteiger partial charge < -0.3 is 9.84 Å². The van der Waals surface area contributed by atoms with Gasteiger partial charge in [-0.25, -0.2) is 0 Å². The van der Waals surface area contributed by atoms with Crippen molar-refractivity contribution in [3.05, 3.63) is 35.5 Å². The molecule has 0 unspecified atom stereocenters. The maximum absolute atomic E-state index is 13.0. The number of carbonyl (C=O) groups is 3. The number of aliphatic hydroxyl groups is 1. The monoisotopic (exact) mass is 398 g/mol. The van der Waals surface area contributed by atoms with Gasteiger partial charge in [-0.15, -0.1) is 0 Å². The van der Waals surface area contributed by atoms with E-state index in [4.69, 9.17) is 4.74 Å². The van der Waals surface area contributed by atoms with Crippen LogP contribution in [0.4, 0.5) is 0 Å². The summed E-state index contributed by atoms with van der Waals surface area (Å²) in [5.41, 5.74) is 0.145. The number of ether oxygens (including phenoxy) is 1. The minimum absolute atomic E-state index is 0.0529. The largest absolute Gasteiger partial charge is 0.458 e. The zero-order chi connectivity index (χ0) is 21.2. The maximum atomic E-state index is 13.0. The quantitative estimate of drug-likeness (QED) is 0.583. The van der Waals surface area contributed by atoms with Crippen LogP contribution >= 0.6 is 0 Å². The van der Waals surface area contributed by atoms with E-state index >= 15 is 0 Å². The molecule has 0 radical (unpaired) electrons. The molecule has 0 bridgehead atoms. The molecule has 0 saturated heterocycles. The molecule has 0 heterocycles. The second-order valence-electron chi connectivity index (χ2n) is 9.75. The van der Waals surface area contributed by atoms with Crippen LogP contribution in [0, 0.1) is 28.6 Å². The van der Waals surface area contributed by atoms with Gasteiger partial charge in [0.2, 0.25) is 5.78 Å². The molecule has 2 fully saturated rings. The Kier molecular flexibility index (Phi) is 4.54. The van der Waals surface area contributed by atoms with Crippen molar-refractivity contribution in [3.8, 4) is 0 Å². The van der Waals surface area contributed by atoms with Gasteiger partial charge in [-0.3, -0.25) is 14.4 Å². The summed E-state index contributed by atoms with van der Waals surface area (Å²) in [4.78, 5) is 36.1. The summed E-state index contributed by atoms with van der Waals surface area (Å²) in [5, 5.41) is 11.7. The Balaban J connectivity index is 1.71. The molecule has 0 aliphatic heterocycles. The lowest BCUT2D eigenvalue weighted by Crippen LogP contribution is -2.57. The van der Waals surface area contributed by atoms with Crippen LogP contribution in [-0.4, -0.2) is 34.9 Å². The van der Waals surface area contributed by atoms with Gasteiger partial charge in [0, 0.05) is 17.8 Å². The van der Waals surface area contributed by atoms with Crippen molar-refractivity contribution in [1.29, 1.82) is 0 Å². The third-order valence-corrected chi connectivity index (χ3v) is 8.36. The lowest BCUT2D eigenvalue weighted by Gasteiger charge is -2.53. The first-order chi connectivity index (χ1) is 13.5. The second kappa shape index (κ2) is 6.49. The Morgan fingerprint density at radius 2 is 2.03 bits per heavy atom. The Hall–Kier alpha value is -2.01. The van der Waals surface area contributed by atoms with Crippen LogP contribution in [-0.2, 0) is 19.1 Å². The smallest absolute Gasteiger partial charge is 0.303 e. The molecule has 0 amide bonds. The van der Waals surface area contributed by atoms with Gasteiger partial charge in [-0.2, -0.15) is 0 Å². The Morgan fingerprint density at radius 3 is 2.72 bits per heavy atom. The zero-order valence-electron chi connectivity index (χ0n) is 17.7. The fraction of sp³-hybridized carbons (Fsp3) is 0.625. The summed E-state index contributed by atoms with van der Waals surface area (Å²) >= 11 is 0. The van der Waals surface area contributed by atoms with Crippen LogP contribution in [0.2, 0.25) is 0 Å². The second-order valence-corrected chi connectivity index (χ2v) is 9.75. The average molecular weight is 398 g/mol. The van der Waals surface area contributed by atoms with E-state index in [0.717, 1.165) is 19.3 Å². The lowest BCUT2D eigenvalue weighted by atomic mass is 9.51. The Labute approximate surface area is 171 Å². The van der Waals surface area contributed by atoms with Crippen LogP contribution in [0.5, 0.6) is 0 Å². The molecule has 4 aliphatic carbocycles. The fourth-order valence-electron chi connectivity index (χ4n) is 6.74. The van der Waals surface area contributed by atoms with Crippen molar-refractivity contribution in [2.45, 2.75) is 59.0 Å². The van der Waals surface area contributed by atoms with E-state index in [0.29, 0.717) is 6.42 Å². The van der Waals surface area contributed by atoms with Gasteiger partial charge in [0.25, 0.3) is 0 Å². The summed E-state index contributed by atoms with van der Waals surface area (Å²) in [5.74, 6) is -0.621. The summed E-state index contributed by atoms with van der Waals surface area (Å²) < 4.78 is 4.95. The third-order valence-electron chi connectivity index (χ3n) is 8.36. The van der Waals surface area contributed by atoms with Crippen LogP contribution in [0.3, 0.4) is 0 Å². The highest BCUT2D eigenvalue weighted by Crippen LogP contribution is 2.66. The number of fused-ring (bicyclic) bond motifs is 5. The molecule has 4 aliphatic rings. The molecule has 1 N–H and O–H groups in total. The first-order valence-corrected chi connectivity index (χ1v) is 10.6.